The Morgan fingerprint density at radius 1 is 1.75 bits per heavy atom. The van der Waals surface area contributed by atoms with Crippen LogP contribution in [0.25, 0.3) is 5.78 Å². The van der Waals surface area contributed by atoms with E-state index in [1.54, 1.807) is 0 Å². The fourth-order valence-corrected chi connectivity index (χ4v) is 1.52. The van der Waals surface area contributed by atoms with Crippen LogP contribution in [0.3, 0.4) is 0 Å². The number of rotatable bonds is 3. The van der Waals surface area contributed by atoms with Gasteiger partial charge in [0.25, 0.3) is 5.78 Å². The van der Waals surface area contributed by atoms with Crippen molar-refractivity contribution in [2.75, 3.05) is 7.11 Å². The smallest absolute Gasteiger partial charge is 0.340 e. The summed E-state index contributed by atoms with van der Waals surface area (Å²) in [6.07, 6.45) is 1.19. The Kier molecular flexibility index (Phi) is 2.67. The van der Waals surface area contributed by atoms with Gasteiger partial charge in [-0.2, -0.15) is 4.98 Å². The van der Waals surface area contributed by atoms with Crippen molar-refractivity contribution in [3.8, 4) is 0 Å². The van der Waals surface area contributed by atoms with Crippen LogP contribution in [0.2, 0.25) is 0 Å². The van der Waals surface area contributed by atoms with Crippen molar-refractivity contribution in [1.29, 1.82) is 0 Å². The molecule has 0 saturated carbocycles. The van der Waals surface area contributed by atoms with Crippen LogP contribution in [0.1, 0.15) is 16.2 Å². The van der Waals surface area contributed by atoms with Gasteiger partial charge in [-0.1, -0.05) is 12.2 Å². The third-order valence-corrected chi connectivity index (χ3v) is 2.33. The maximum Gasteiger partial charge on any atom is 0.340 e. The quantitative estimate of drug-likeness (QED) is 0.764. The minimum Gasteiger partial charge on any atom is -0.478 e. The predicted molar refractivity (Wildman–Crippen MR) is 55.8 cm³/mol. The molecule has 0 unspecified atom stereocenters. The summed E-state index contributed by atoms with van der Waals surface area (Å²) >= 11 is 5.00. The van der Waals surface area contributed by atoms with Crippen molar-refractivity contribution in [3.63, 3.8) is 0 Å². The maximum absolute atomic E-state index is 10.8. The number of fused-ring (bicyclic) bond motifs is 1. The van der Waals surface area contributed by atoms with Gasteiger partial charge in [-0.25, -0.2) is 14.3 Å². The normalized spacial score (nSPS) is 10.8. The first-order valence-electron chi connectivity index (χ1n) is 4.32. The number of H-pyrrole nitrogens is 1. The molecule has 0 radical (unpaired) electrons. The number of ether oxygens (including phenoxy) is 1. The van der Waals surface area contributed by atoms with Crippen LogP contribution in [-0.2, 0) is 11.3 Å². The largest absolute Gasteiger partial charge is 0.478 e. The second-order valence-corrected chi connectivity index (χ2v) is 3.41. The van der Waals surface area contributed by atoms with Crippen LogP contribution in [0, 0.1) is 4.64 Å². The lowest BCUT2D eigenvalue weighted by atomic mass is 10.3. The van der Waals surface area contributed by atoms with Crippen molar-refractivity contribution < 1.29 is 14.6 Å². The summed E-state index contributed by atoms with van der Waals surface area (Å²) in [7, 11) is 1.53. The lowest BCUT2D eigenvalue weighted by Crippen LogP contribution is -2.04. The Balaban J connectivity index is 2.65. The highest BCUT2D eigenvalue weighted by Crippen LogP contribution is 2.05. The minimum absolute atomic E-state index is 0.0416. The first kappa shape index (κ1) is 10.7. The van der Waals surface area contributed by atoms with Gasteiger partial charge in [-0.3, -0.25) is 5.10 Å². The molecule has 0 fully saturated rings. The first-order chi connectivity index (χ1) is 7.63. The molecule has 0 aliphatic carbocycles. The summed E-state index contributed by atoms with van der Waals surface area (Å²) in [4.78, 5) is 18.8. The molecule has 16 heavy (non-hydrogen) atoms. The average molecular weight is 240 g/mol. The Morgan fingerprint density at radius 3 is 3.12 bits per heavy atom. The second-order valence-electron chi connectivity index (χ2n) is 3.02. The average Bonchev–Trinajstić information content (AvgIpc) is 2.62. The minimum atomic E-state index is -1.12. The van der Waals surface area contributed by atoms with Crippen LogP contribution >= 0.6 is 12.2 Å². The van der Waals surface area contributed by atoms with Gasteiger partial charge < -0.3 is 9.84 Å². The summed E-state index contributed by atoms with van der Waals surface area (Å²) < 4.78 is 6.36. The zero-order chi connectivity index (χ0) is 11.7. The summed E-state index contributed by atoms with van der Waals surface area (Å²) in [6.45, 7) is 0.278. The summed E-state index contributed by atoms with van der Waals surface area (Å²) in [5.74, 6) is -0.263. The molecule has 2 aromatic rings. The summed E-state index contributed by atoms with van der Waals surface area (Å²) in [5, 5.41) is 11.7. The number of methoxy groups -OCH3 is 1. The molecule has 84 valence electrons. The molecule has 0 saturated heterocycles. The Bertz CT molecular complexity index is 603. The maximum atomic E-state index is 10.8. The molecule has 2 aromatic heterocycles. The van der Waals surface area contributed by atoms with Crippen molar-refractivity contribution in [1.82, 2.24) is 19.6 Å². The van der Waals surface area contributed by atoms with Crippen LogP contribution in [0.5, 0.6) is 0 Å². The molecule has 0 aliphatic rings. The van der Waals surface area contributed by atoms with E-state index in [4.69, 9.17) is 22.1 Å². The zero-order valence-corrected chi connectivity index (χ0v) is 9.11. The lowest BCUT2D eigenvalue weighted by molar-refractivity contribution is 0.0695. The fourth-order valence-electron chi connectivity index (χ4n) is 1.25. The Labute approximate surface area is 94.7 Å². The number of aromatic nitrogens is 4. The molecule has 0 bridgehead atoms. The van der Waals surface area contributed by atoms with E-state index in [0.717, 1.165) is 0 Å². The summed E-state index contributed by atoms with van der Waals surface area (Å²) in [5.41, 5.74) is -0.0416. The zero-order valence-electron chi connectivity index (χ0n) is 8.30. The van der Waals surface area contributed by atoms with Crippen molar-refractivity contribution in [3.05, 3.63) is 22.2 Å². The molecular weight excluding hydrogens is 232 g/mol. The molecule has 0 aliphatic heterocycles. The van der Waals surface area contributed by atoms with Crippen LogP contribution < -0.4 is 0 Å². The topological polar surface area (TPSA) is 92.5 Å². The molecular formula is C8H8N4O3S. The molecule has 0 aromatic carbocycles. The highest BCUT2D eigenvalue weighted by Gasteiger charge is 2.11. The third kappa shape index (κ3) is 1.68. The monoisotopic (exact) mass is 240 g/mol. The molecule has 0 amide bonds. The number of hydrogen-bond donors (Lipinski definition) is 2. The molecule has 8 heteroatoms. The van der Waals surface area contributed by atoms with Gasteiger partial charge in [0.05, 0.1) is 0 Å². The van der Waals surface area contributed by atoms with Crippen molar-refractivity contribution in [2.24, 2.45) is 0 Å². The van der Waals surface area contributed by atoms with Gasteiger partial charge in [-0.15, -0.1) is 0 Å². The van der Waals surface area contributed by atoms with E-state index < -0.39 is 5.97 Å². The number of aromatic carboxylic acids is 1. The highest BCUT2D eigenvalue weighted by atomic mass is 32.1. The standard InChI is InChI=1S/C8H8N4O3S/c1-15-3-5-10-8-9-2-4(7(13)14)6(16)12(8)11-5/h2H,3H2,1H3,(H,13,14)(H,9,10,11). The van der Waals surface area contributed by atoms with Gasteiger partial charge in [0, 0.05) is 13.3 Å². The molecule has 0 spiro atoms. The first-order valence-corrected chi connectivity index (χ1v) is 4.73. The van der Waals surface area contributed by atoms with E-state index in [1.807, 2.05) is 0 Å². The number of carboxylic acid groups (broad SMARTS) is 1. The second kappa shape index (κ2) is 3.99. The number of carbonyl (C=O) groups is 1. The molecule has 2 N–H and O–H groups in total. The molecule has 2 heterocycles. The van der Waals surface area contributed by atoms with E-state index in [1.165, 1.54) is 17.8 Å². The van der Waals surface area contributed by atoms with E-state index in [9.17, 15) is 4.79 Å². The highest BCUT2D eigenvalue weighted by molar-refractivity contribution is 7.71. The van der Waals surface area contributed by atoms with Crippen LogP contribution in [-0.4, -0.2) is 37.8 Å². The van der Waals surface area contributed by atoms with Gasteiger partial charge >= 0.3 is 5.97 Å². The molecule has 0 atom stereocenters. The van der Waals surface area contributed by atoms with Gasteiger partial charge in [-0.05, 0) is 0 Å². The fraction of sp³-hybridized carbons (Fsp3) is 0.250. The molecule has 7 nitrogen and oxygen atoms in total. The van der Waals surface area contributed by atoms with Crippen LogP contribution in [0.4, 0.5) is 0 Å². The number of carboxylic acids is 1. The van der Waals surface area contributed by atoms with Crippen molar-refractivity contribution >= 4 is 24.0 Å². The Morgan fingerprint density at radius 2 is 2.50 bits per heavy atom. The number of nitrogens with one attached hydrogen (secondary N) is 1. The van der Waals surface area contributed by atoms with E-state index >= 15 is 0 Å². The summed E-state index contributed by atoms with van der Waals surface area (Å²) in [6, 6.07) is 0. The van der Waals surface area contributed by atoms with Crippen LogP contribution in [0.15, 0.2) is 6.20 Å². The predicted octanol–water partition coefficient (Wildman–Crippen LogP) is 0.631. The SMILES string of the molecule is COCc1nc2ncc(C(=O)O)c(=S)n2[nH]1. The third-order valence-electron chi connectivity index (χ3n) is 1.93. The number of hydrogen-bond acceptors (Lipinski definition) is 5. The van der Waals surface area contributed by atoms with Gasteiger partial charge in [0.15, 0.2) is 5.82 Å². The number of aromatic amines is 1. The lowest BCUT2D eigenvalue weighted by Gasteiger charge is -1.95. The van der Waals surface area contributed by atoms with E-state index in [2.05, 4.69) is 15.1 Å². The van der Waals surface area contributed by atoms with E-state index in [-0.39, 0.29) is 16.8 Å². The van der Waals surface area contributed by atoms with Crippen molar-refractivity contribution in [2.45, 2.75) is 6.61 Å². The number of nitrogens with zero attached hydrogens (tertiary/aromatic N) is 3. The van der Waals surface area contributed by atoms with Gasteiger partial charge in [0.2, 0.25) is 0 Å². The Hall–Kier alpha value is -1.80. The van der Waals surface area contributed by atoms with Gasteiger partial charge in [0.1, 0.15) is 16.8 Å². The van der Waals surface area contributed by atoms with E-state index in [0.29, 0.717) is 11.6 Å². The molecule has 2 rings (SSSR count).